The third-order valence-electron chi connectivity index (χ3n) is 2.65. The smallest absolute Gasteiger partial charge is 0.336 e. The van der Waals surface area contributed by atoms with Crippen molar-refractivity contribution in [3.05, 3.63) is 29.6 Å². The number of thioether (sulfide) groups is 1. The highest BCUT2D eigenvalue weighted by atomic mass is 32.2. The molecule has 1 N–H and O–H groups in total. The zero-order valence-corrected chi connectivity index (χ0v) is 10.0. The lowest BCUT2D eigenvalue weighted by atomic mass is 10.2. The second-order valence-electron chi connectivity index (χ2n) is 3.85. The first-order valence-corrected chi connectivity index (χ1v) is 6.32. The monoisotopic (exact) mass is 256 g/mol. The molecule has 0 saturated carbocycles. The molecule has 1 aromatic rings. The zero-order chi connectivity index (χ0) is 12.3. The SMILES string of the molecule is O=C(O)c1cccc(F)c1SC1CCOCC1. The largest absolute Gasteiger partial charge is 0.478 e. The molecule has 0 amide bonds. The van der Waals surface area contributed by atoms with Crippen molar-refractivity contribution in [1.82, 2.24) is 0 Å². The maximum Gasteiger partial charge on any atom is 0.336 e. The molecule has 1 aromatic carbocycles. The first kappa shape index (κ1) is 12.4. The average molecular weight is 256 g/mol. The van der Waals surface area contributed by atoms with Crippen LogP contribution in [-0.4, -0.2) is 29.5 Å². The van der Waals surface area contributed by atoms with Gasteiger partial charge in [0.2, 0.25) is 0 Å². The van der Waals surface area contributed by atoms with E-state index in [2.05, 4.69) is 0 Å². The molecule has 1 aliphatic heterocycles. The van der Waals surface area contributed by atoms with E-state index in [1.807, 2.05) is 0 Å². The molecule has 0 unspecified atom stereocenters. The van der Waals surface area contributed by atoms with Gasteiger partial charge in [-0.05, 0) is 25.0 Å². The molecular weight excluding hydrogens is 243 g/mol. The summed E-state index contributed by atoms with van der Waals surface area (Å²) in [5, 5.41) is 9.25. The fourth-order valence-electron chi connectivity index (χ4n) is 1.76. The average Bonchev–Trinajstić information content (AvgIpc) is 2.33. The summed E-state index contributed by atoms with van der Waals surface area (Å²) in [5.74, 6) is -1.54. The third-order valence-corrected chi connectivity index (χ3v) is 4.11. The lowest BCUT2D eigenvalue weighted by molar-refractivity contribution is 0.0692. The predicted octanol–water partition coefficient (Wildman–Crippen LogP) is 2.80. The summed E-state index contributed by atoms with van der Waals surface area (Å²) >= 11 is 1.31. The van der Waals surface area contributed by atoms with Crippen LogP contribution < -0.4 is 0 Å². The normalized spacial score (nSPS) is 17.0. The van der Waals surface area contributed by atoms with Crippen molar-refractivity contribution in [2.75, 3.05) is 13.2 Å². The van der Waals surface area contributed by atoms with Gasteiger partial charge in [0.05, 0.1) is 10.5 Å². The number of hydrogen-bond acceptors (Lipinski definition) is 3. The Morgan fingerprint density at radius 3 is 2.76 bits per heavy atom. The number of rotatable bonds is 3. The molecule has 0 aliphatic carbocycles. The second kappa shape index (κ2) is 5.51. The number of ether oxygens (including phenoxy) is 1. The summed E-state index contributed by atoms with van der Waals surface area (Å²) in [7, 11) is 0. The Morgan fingerprint density at radius 1 is 1.41 bits per heavy atom. The van der Waals surface area contributed by atoms with Crippen LogP contribution in [0, 0.1) is 5.82 Å². The van der Waals surface area contributed by atoms with Gasteiger partial charge >= 0.3 is 5.97 Å². The number of carbonyl (C=O) groups is 1. The van der Waals surface area contributed by atoms with Gasteiger partial charge < -0.3 is 9.84 Å². The predicted molar refractivity (Wildman–Crippen MR) is 63.1 cm³/mol. The van der Waals surface area contributed by atoms with Gasteiger partial charge in [-0.1, -0.05) is 6.07 Å². The van der Waals surface area contributed by atoms with Gasteiger partial charge in [-0.15, -0.1) is 11.8 Å². The highest BCUT2D eigenvalue weighted by Gasteiger charge is 2.21. The van der Waals surface area contributed by atoms with E-state index in [9.17, 15) is 9.18 Å². The van der Waals surface area contributed by atoms with Crippen LogP contribution in [0.3, 0.4) is 0 Å². The fourth-order valence-corrected chi connectivity index (χ4v) is 2.98. The summed E-state index contributed by atoms with van der Waals surface area (Å²) in [6.07, 6.45) is 1.66. The number of hydrogen-bond donors (Lipinski definition) is 1. The van der Waals surface area contributed by atoms with Crippen LogP contribution in [0.1, 0.15) is 23.2 Å². The minimum atomic E-state index is -1.08. The summed E-state index contributed by atoms with van der Waals surface area (Å²) < 4.78 is 18.9. The highest BCUT2D eigenvalue weighted by molar-refractivity contribution is 8.00. The van der Waals surface area contributed by atoms with E-state index in [1.54, 1.807) is 0 Å². The summed E-state index contributed by atoms with van der Waals surface area (Å²) in [6, 6.07) is 4.16. The molecule has 3 nitrogen and oxygen atoms in total. The van der Waals surface area contributed by atoms with E-state index in [-0.39, 0.29) is 15.7 Å². The highest BCUT2D eigenvalue weighted by Crippen LogP contribution is 2.33. The topological polar surface area (TPSA) is 46.5 Å². The molecule has 1 aliphatic rings. The fraction of sp³-hybridized carbons (Fsp3) is 0.417. The first-order valence-electron chi connectivity index (χ1n) is 5.44. The van der Waals surface area contributed by atoms with E-state index in [1.165, 1.54) is 30.0 Å². The molecule has 1 fully saturated rings. The zero-order valence-electron chi connectivity index (χ0n) is 9.19. The summed E-state index contributed by atoms with van der Waals surface area (Å²) in [6.45, 7) is 1.32. The van der Waals surface area contributed by atoms with Gasteiger partial charge in [0.25, 0.3) is 0 Å². The molecule has 0 aromatic heterocycles. The Hall–Kier alpha value is -1.07. The van der Waals surface area contributed by atoms with E-state index in [0.29, 0.717) is 13.2 Å². The van der Waals surface area contributed by atoms with Gasteiger partial charge in [-0.2, -0.15) is 0 Å². The Balaban J connectivity index is 2.21. The van der Waals surface area contributed by atoms with Crippen molar-refractivity contribution in [2.24, 2.45) is 0 Å². The van der Waals surface area contributed by atoms with Crippen LogP contribution in [-0.2, 0) is 4.74 Å². The molecule has 1 heterocycles. The molecular formula is C12H13FO3S. The molecule has 92 valence electrons. The van der Waals surface area contributed by atoms with Crippen molar-refractivity contribution in [1.29, 1.82) is 0 Å². The van der Waals surface area contributed by atoms with Crippen molar-refractivity contribution in [2.45, 2.75) is 23.0 Å². The van der Waals surface area contributed by atoms with Gasteiger partial charge in [0.1, 0.15) is 5.82 Å². The van der Waals surface area contributed by atoms with Crippen LogP contribution in [0.4, 0.5) is 4.39 Å². The van der Waals surface area contributed by atoms with Gasteiger partial charge in [0, 0.05) is 18.5 Å². The Kier molecular flexibility index (Phi) is 4.02. The Bertz CT molecular complexity index is 416. The molecule has 1 saturated heterocycles. The molecule has 0 radical (unpaired) electrons. The van der Waals surface area contributed by atoms with Crippen molar-refractivity contribution in [3.63, 3.8) is 0 Å². The van der Waals surface area contributed by atoms with E-state index < -0.39 is 11.8 Å². The first-order chi connectivity index (χ1) is 8.18. The maximum absolute atomic E-state index is 13.7. The number of benzene rings is 1. The van der Waals surface area contributed by atoms with Crippen LogP contribution in [0.15, 0.2) is 23.1 Å². The van der Waals surface area contributed by atoms with Crippen molar-refractivity contribution in [3.8, 4) is 0 Å². The molecule has 2 rings (SSSR count). The van der Waals surface area contributed by atoms with Gasteiger partial charge in [-0.3, -0.25) is 0 Å². The standard InChI is InChI=1S/C12H13FO3S/c13-10-3-1-2-9(12(14)15)11(10)17-8-4-6-16-7-5-8/h1-3,8H,4-7H2,(H,14,15). The maximum atomic E-state index is 13.7. The van der Waals surface area contributed by atoms with E-state index in [0.717, 1.165) is 12.8 Å². The molecule has 0 atom stereocenters. The van der Waals surface area contributed by atoms with Gasteiger partial charge in [-0.25, -0.2) is 9.18 Å². The molecule has 0 bridgehead atoms. The summed E-state index contributed by atoms with van der Waals surface area (Å²) in [4.78, 5) is 11.3. The van der Waals surface area contributed by atoms with Crippen LogP contribution in [0.5, 0.6) is 0 Å². The Morgan fingerprint density at radius 2 is 2.12 bits per heavy atom. The second-order valence-corrected chi connectivity index (χ2v) is 5.16. The van der Waals surface area contributed by atoms with Crippen LogP contribution in [0.2, 0.25) is 0 Å². The lowest BCUT2D eigenvalue weighted by Gasteiger charge is -2.22. The van der Waals surface area contributed by atoms with Crippen molar-refractivity contribution >= 4 is 17.7 Å². The van der Waals surface area contributed by atoms with Crippen LogP contribution >= 0.6 is 11.8 Å². The number of aromatic carboxylic acids is 1. The number of carboxylic acid groups (broad SMARTS) is 1. The molecule has 5 heteroatoms. The Labute approximate surface area is 103 Å². The minimum Gasteiger partial charge on any atom is -0.478 e. The quantitative estimate of drug-likeness (QED) is 0.903. The van der Waals surface area contributed by atoms with E-state index >= 15 is 0 Å². The lowest BCUT2D eigenvalue weighted by Crippen LogP contribution is -2.18. The molecule has 0 spiro atoms. The van der Waals surface area contributed by atoms with Crippen molar-refractivity contribution < 1.29 is 19.0 Å². The third kappa shape index (κ3) is 2.98. The van der Waals surface area contributed by atoms with Crippen LogP contribution in [0.25, 0.3) is 0 Å². The summed E-state index contributed by atoms with van der Waals surface area (Å²) in [5.41, 5.74) is 0.0430. The number of halogens is 1. The minimum absolute atomic E-state index is 0.0430. The molecule has 17 heavy (non-hydrogen) atoms. The van der Waals surface area contributed by atoms with E-state index in [4.69, 9.17) is 9.84 Å². The number of carboxylic acids is 1. The van der Waals surface area contributed by atoms with Gasteiger partial charge in [0.15, 0.2) is 0 Å².